The second-order valence-electron chi connectivity index (χ2n) is 8.14. The number of hydrogen-bond donors (Lipinski definition) is 2. The van der Waals surface area contributed by atoms with Gasteiger partial charge in [-0.25, -0.2) is 4.79 Å². The summed E-state index contributed by atoms with van der Waals surface area (Å²) in [4.78, 5) is 24.3. The Kier molecular flexibility index (Phi) is 11.8. The molecular weight excluding hydrogens is 432 g/mol. The molecule has 0 aromatic heterocycles. The van der Waals surface area contributed by atoms with E-state index in [9.17, 15) is 9.59 Å². The van der Waals surface area contributed by atoms with Crippen molar-refractivity contribution in [2.24, 2.45) is 0 Å². The van der Waals surface area contributed by atoms with E-state index in [0.29, 0.717) is 22.7 Å². The molecular formula is C27H38N2O5. The number of rotatable bonds is 15. The molecule has 0 unspecified atom stereocenters. The molecule has 0 atom stereocenters. The van der Waals surface area contributed by atoms with E-state index in [1.807, 2.05) is 30.3 Å². The van der Waals surface area contributed by atoms with Gasteiger partial charge >= 0.3 is 11.9 Å². The zero-order chi connectivity index (χ0) is 24.8. The van der Waals surface area contributed by atoms with Crippen molar-refractivity contribution in [2.45, 2.75) is 58.8 Å². The molecule has 0 saturated carbocycles. The van der Waals surface area contributed by atoms with E-state index in [1.165, 1.54) is 14.2 Å². The summed E-state index contributed by atoms with van der Waals surface area (Å²) in [7, 11) is 2.74. The highest BCUT2D eigenvalue weighted by Crippen LogP contribution is 2.30. The molecule has 0 heterocycles. The molecule has 34 heavy (non-hydrogen) atoms. The number of nitrogens with one attached hydrogen (secondary N) is 2. The molecule has 2 N–H and O–H groups in total. The maximum absolute atomic E-state index is 12.4. The number of anilines is 2. The highest BCUT2D eigenvalue weighted by molar-refractivity contribution is 5.96. The lowest BCUT2D eigenvalue weighted by Crippen LogP contribution is -2.10. The smallest absolute Gasteiger partial charge is 0.340 e. The molecule has 7 heteroatoms. The van der Waals surface area contributed by atoms with E-state index in [2.05, 4.69) is 24.5 Å². The zero-order valence-electron chi connectivity index (χ0n) is 20.9. The molecule has 0 bridgehead atoms. The van der Waals surface area contributed by atoms with Crippen molar-refractivity contribution in [1.29, 1.82) is 0 Å². The summed E-state index contributed by atoms with van der Waals surface area (Å²) < 4.78 is 15.9. The zero-order valence-corrected chi connectivity index (χ0v) is 20.9. The van der Waals surface area contributed by atoms with E-state index in [-0.39, 0.29) is 12.4 Å². The van der Waals surface area contributed by atoms with Crippen molar-refractivity contribution in [1.82, 2.24) is 0 Å². The van der Waals surface area contributed by atoms with Crippen LogP contribution < -0.4 is 15.4 Å². The maximum atomic E-state index is 12.4. The van der Waals surface area contributed by atoms with E-state index in [4.69, 9.17) is 14.2 Å². The Bertz CT molecular complexity index is 929. The van der Waals surface area contributed by atoms with Crippen LogP contribution in [0.15, 0.2) is 36.4 Å². The predicted octanol–water partition coefficient (Wildman–Crippen LogP) is 6.19. The molecule has 0 amide bonds. The number of hydrogen-bond acceptors (Lipinski definition) is 7. The summed E-state index contributed by atoms with van der Waals surface area (Å²) in [5.41, 5.74) is 2.81. The van der Waals surface area contributed by atoms with Gasteiger partial charge in [-0.15, -0.1) is 0 Å². The summed E-state index contributed by atoms with van der Waals surface area (Å²) in [5.74, 6) is 0.325. The SMILES string of the molecule is CCCCCNc1ccc(Oc2ccc(NCCCCC)c(C(=O)OC)c2)cc1CC(=O)OC. The first-order valence-electron chi connectivity index (χ1n) is 12.1. The van der Waals surface area contributed by atoms with Crippen molar-refractivity contribution < 1.29 is 23.8 Å². The van der Waals surface area contributed by atoms with Crippen LogP contribution in [-0.4, -0.2) is 39.2 Å². The molecule has 2 aromatic rings. The first-order valence-corrected chi connectivity index (χ1v) is 12.1. The standard InChI is InChI=1S/C27H38N2O5/c1-5-7-9-15-28-24-13-11-21(17-20(24)18-26(30)32-3)34-22-12-14-25(29-16-10-8-6-2)23(19-22)27(31)33-4/h11-14,17,19,28-29H,5-10,15-16,18H2,1-4H3. The van der Waals surface area contributed by atoms with E-state index >= 15 is 0 Å². The normalized spacial score (nSPS) is 10.5. The predicted molar refractivity (Wildman–Crippen MR) is 136 cm³/mol. The van der Waals surface area contributed by atoms with Gasteiger partial charge in [0.2, 0.25) is 0 Å². The van der Waals surface area contributed by atoms with Gasteiger partial charge in [-0.3, -0.25) is 4.79 Å². The van der Waals surface area contributed by atoms with Crippen LogP contribution in [0.5, 0.6) is 11.5 Å². The number of unbranched alkanes of at least 4 members (excludes halogenated alkanes) is 4. The minimum absolute atomic E-state index is 0.137. The third-order valence-corrected chi connectivity index (χ3v) is 5.46. The molecule has 186 valence electrons. The van der Waals surface area contributed by atoms with Crippen LogP contribution in [0.3, 0.4) is 0 Å². The summed E-state index contributed by atoms with van der Waals surface area (Å²) in [6.45, 7) is 5.92. The van der Waals surface area contributed by atoms with Gasteiger partial charge in [-0.1, -0.05) is 39.5 Å². The summed E-state index contributed by atoms with van der Waals surface area (Å²) >= 11 is 0. The minimum atomic E-state index is -0.429. The molecule has 2 aromatic carbocycles. The van der Waals surface area contributed by atoms with Crippen molar-refractivity contribution in [3.63, 3.8) is 0 Å². The van der Waals surface area contributed by atoms with E-state index in [0.717, 1.165) is 62.9 Å². The molecule has 7 nitrogen and oxygen atoms in total. The Labute approximate surface area is 203 Å². The molecule has 0 fully saturated rings. The number of carbonyl (C=O) groups excluding carboxylic acids is 2. The Morgan fingerprint density at radius 3 is 1.94 bits per heavy atom. The lowest BCUT2D eigenvalue weighted by molar-refractivity contribution is -0.139. The third kappa shape index (κ3) is 8.61. The van der Waals surface area contributed by atoms with Gasteiger partial charge < -0.3 is 24.8 Å². The largest absolute Gasteiger partial charge is 0.469 e. The van der Waals surface area contributed by atoms with Gasteiger partial charge in [0.1, 0.15) is 11.5 Å². The van der Waals surface area contributed by atoms with Gasteiger partial charge in [0.05, 0.1) is 26.2 Å². The molecule has 0 spiro atoms. The Hall–Kier alpha value is -3.22. The molecule has 0 aliphatic rings. The molecule has 2 rings (SSSR count). The summed E-state index contributed by atoms with van der Waals surface area (Å²) in [6.07, 6.45) is 6.76. The van der Waals surface area contributed by atoms with Crippen LogP contribution in [0.25, 0.3) is 0 Å². The molecule has 0 aliphatic carbocycles. The lowest BCUT2D eigenvalue weighted by atomic mass is 10.1. The van der Waals surface area contributed by atoms with Crippen LogP contribution in [0.4, 0.5) is 11.4 Å². The van der Waals surface area contributed by atoms with Crippen LogP contribution >= 0.6 is 0 Å². The average molecular weight is 471 g/mol. The van der Waals surface area contributed by atoms with Gasteiger partial charge in [0.25, 0.3) is 0 Å². The number of ether oxygens (including phenoxy) is 3. The van der Waals surface area contributed by atoms with E-state index < -0.39 is 5.97 Å². The number of benzene rings is 2. The molecule has 0 radical (unpaired) electrons. The highest BCUT2D eigenvalue weighted by atomic mass is 16.5. The van der Waals surface area contributed by atoms with Crippen LogP contribution in [0.2, 0.25) is 0 Å². The van der Waals surface area contributed by atoms with Crippen LogP contribution in [0, 0.1) is 0 Å². The van der Waals surface area contributed by atoms with Gasteiger partial charge in [-0.2, -0.15) is 0 Å². The van der Waals surface area contributed by atoms with Crippen LogP contribution in [0.1, 0.15) is 68.3 Å². The monoisotopic (exact) mass is 470 g/mol. The Morgan fingerprint density at radius 2 is 1.35 bits per heavy atom. The molecule has 0 saturated heterocycles. The Morgan fingerprint density at radius 1 is 0.765 bits per heavy atom. The number of esters is 2. The first-order chi connectivity index (χ1) is 16.5. The lowest BCUT2D eigenvalue weighted by Gasteiger charge is -2.15. The second-order valence-corrected chi connectivity index (χ2v) is 8.14. The van der Waals surface area contributed by atoms with Gasteiger partial charge in [0, 0.05) is 24.5 Å². The second kappa shape index (κ2) is 14.8. The van der Waals surface area contributed by atoms with Crippen molar-refractivity contribution in [2.75, 3.05) is 37.9 Å². The number of carbonyl (C=O) groups is 2. The topological polar surface area (TPSA) is 85.9 Å². The first kappa shape index (κ1) is 27.0. The fourth-order valence-electron chi connectivity index (χ4n) is 3.53. The third-order valence-electron chi connectivity index (χ3n) is 5.46. The van der Waals surface area contributed by atoms with Crippen molar-refractivity contribution in [3.05, 3.63) is 47.5 Å². The highest BCUT2D eigenvalue weighted by Gasteiger charge is 2.15. The number of methoxy groups -OCH3 is 2. The Balaban J connectivity index is 2.22. The van der Waals surface area contributed by atoms with E-state index in [1.54, 1.807) is 6.07 Å². The summed E-state index contributed by atoms with van der Waals surface area (Å²) in [6, 6.07) is 10.9. The minimum Gasteiger partial charge on any atom is -0.469 e. The quantitative estimate of drug-likeness (QED) is 0.237. The average Bonchev–Trinajstić information content (AvgIpc) is 2.85. The van der Waals surface area contributed by atoms with Crippen molar-refractivity contribution >= 4 is 23.3 Å². The van der Waals surface area contributed by atoms with Gasteiger partial charge in [0.15, 0.2) is 0 Å². The fraction of sp³-hybridized carbons (Fsp3) is 0.481. The fourth-order valence-corrected chi connectivity index (χ4v) is 3.53. The summed E-state index contributed by atoms with van der Waals surface area (Å²) in [5, 5.41) is 6.71. The molecule has 0 aliphatic heterocycles. The maximum Gasteiger partial charge on any atom is 0.340 e. The van der Waals surface area contributed by atoms with Gasteiger partial charge in [-0.05, 0) is 54.8 Å². The van der Waals surface area contributed by atoms with Crippen LogP contribution in [-0.2, 0) is 20.7 Å². The van der Waals surface area contributed by atoms with Crippen molar-refractivity contribution in [3.8, 4) is 11.5 Å².